The highest BCUT2D eigenvalue weighted by Gasteiger charge is 2.26. The summed E-state index contributed by atoms with van der Waals surface area (Å²) >= 11 is 0. The van der Waals surface area contributed by atoms with Crippen LogP contribution in [0.1, 0.15) is 40.0 Å². The molecule has 0 radical (unpaired) electrons. The molecule has 3 amide bonds. The fourth-order valence-electron chi connectivity index (χ4n) is 1.79. The Kier molecular flexibility index (Phi) is 8.86. The molecule has 0 aliphatic heterocycles. The molecule has 0 aliphatic carbocycles. The van der Waals surface area contributed by atoms with Crippen molar-refractivity contribution in [2.24, 2.45) is 17.4 Å². The zero-order valence-corrected chi connectivity index (χ0v) is 13.7. The van der Waals surface area contributed by atoms with E-state index in [0.717, 1.165) is 0 Å². The first kappa shape index (κ1) is 20.8. The maximum Gasteiger partial charge on any atom is 0.325 e. The Morgan fingerprint density at radius 1 is 1.04 bits per heavy atom. The van der Waals surface area contributed by atoms with Crippen molar-refractivity contribution < 1.29 is 24.3 Å². The number of nitrogens with two attached hydrogens (primary N) is 2. The topological polar surface area (TPSA) is 165 Å². The lowest BCUT2D eigenvalue weighted by Gasteiger charge is -2.23. The summed E-state index contributed by atoms with van der Waals surface area (Å²) in [5, 5.41) is 13.6. The van der Waals surface area contributed by atoms with Crippen LogP contribution in [0.3, 0.4) is 0 Å². The summed E-state index contributed by atoms with van der Waals surface area (Å²) in [4.78, 5) is 45.6. The van der Waals surface area contributed by atoms with Crippen LogP contribution in [0.4, 0.5) is 0 Å². The molecule has 0 unspecified atom stereocenters. The van der Waals surface area contributed by atoms with E-state index in [1.165, 1.54) is 6.92 Å². The number of carboxylic acid groups (broad SMARTS) is 1. The lowest BCUT2D eigenvalue weighted by Crippen LogP contribution is -2.54. The summed E-state index contributed by atoms with van der Waals surface area (Å²) < 4.78 is 0. The summed E-state index contributed by atoms with van der Waals surface area (Å²) in [6.45, 7) is 5.05. The van der Waals surface area contributed by atoms with Crippen molar-refractivity contribution in [1.29, 1.82) is 0 Å². The molecule has 0 aromatic carbocycles. The van der Waals surface area contributed by atoms with Gasteiger partial charge in [0.1, 0.15) is 12.1 Å². The SMILES string of the molecule is CC(C)C[C@H](NC(=O)[C@@H](N)CCC(N)=O)C(=O)N[C@@H](C)C(=O)O. The van der Waals surface area contributed by atoms with Crippen LogP contribution >= 0.6 is 0 Å². The Hall–Kier alpha value is -2.16. The van der Waals surface area contributed by atoms with Crippen molar-refractivity contribution >= 4 is 23.7 Å². The van der Waals surface area contributed by atoms with Gasteiger partial charge >= 0.3 is 5.97 Å². The molecule has 0 aliphatic rings. The molecule has 0 heterocycles. The van der Waals surface area contributed by atoms with E-state index in [1.54, 1.807) is 0 Å². The number of rotatable bonds is 10. The van der Waals surface area contributed by atoms with Gasteiger partial charge in [-0.1, -0.05) is 13.8 Å². The standard InChI is InChI=1S/C14H26N4O5/c1-7(2)6-10(13(21)17-8(3)14(22)23)18-12(20)9(15)4-5-11(16)19/h7-10H,4-6,15H2,1-3H3,(H2,16,19)(H,17,21)(H,18,20)(H,22,23)/t8-,9-,10-/m0/s1. The van der Waals surface area contributed by atoms with Crippen LogP contribution < -0.4 is 22.1 Å². The molecule has 0 bridgehead atoms. The highest BCUT2D eigenvalue weighted by Crippen LogP contribution is 2.06. The summed E-state index contributed by atoms with van der Waals surface area (Å²) in [6.07, 6.45) is 0.362. The molecule has 0 saturated heterocycles. The van der Waals surface area contributed by atoms with Gasteiger partial charge in [-0.2, -0.15) is 0 Å². The van der Waals surface area contributed by atoms with Crippen LogP contribution in [-0.2, 0) is 19.2 Å². The number of primary amides is 1. The van der Waals surface area contributed by atoms with Gasteiger partial charge in [0.15, 0.2) is 0 Å². The van der Waals surface area contributed by atoms with Crippen LogP contribution in [-0.4, -0.2) is 46.9 Å². The Morgan fingerprint density at radius 3 is 2.04 bits per heavy atom. The molecular formula is C14H26N4O5. The second kappa shape index (κ2) is 9.78. The molecule has 0 fully saturated rings. The van der Waals surface area contributed by atoms with Crippen molar-refractivity contribution in [1.82, 2.24) is 10.6 Å². The van der Waals surface area contributed by atoms with Crippen LogP contribution in [0.2, 0.25) is 0 Å². The third-order valence-corrected chi connectivity index (χ3v) is 3.11. The quantitative estimate of drug-likeness (QED) is 0.334. The lowest BCUT2D eigenvalue weighted by molar-refractivity contribution is -0.141. The molecule has 23 heavy (non-hydrogen) atoms. The first-order chi connectivity index (χ1) is 10.5. The van der Waals surface area contributed by atoms with Gasteiger partial charge in [-0.3, -0.25) is 19.2 Å². The minimum absolute atomic E-state index is 0.0360. The molecule has 132 valence electrons. The van der Waals surface area contributed by atoms with E-state index in [1.807, 2.05) is 13.8 Å². The van der Waals surface area contributed by atoms with Gasteiger partial charge in [-0.25, -0.2) is 0 Å². The third kappa shape index (κ3) is 8.77. The Balaban J connectivity index is 4.77. The van der Waals surface area contributed by atoms with Gasteiger partial charge in [0.05, 0.1) is 6.04 Å². The Labute approximate surface area is 135 Å². The average molecular weight is 330 g/mol. The summed E-state index contributed by atoms with van der Waals surface area (Å²) in [7, 11) is 0. The van der Waals surface area contributed by atoms with E-state index in [4.69, 9.17) is 16.6 Å². The number of carbonyl (C=O) groups is 4. The minimum atomic E-state index is -1.17. The second-order valence-electron chi connectivity index (χ2n) is 5.87. The van der Waals surface area contributed by atoms with Crippen LogP contribution in [0.15, 0.2) is 0 Å². The van der Waals surface area contributed by atoms with E-state index in [0.29, 0.717) is 6.42 Å². The van der Waals surface area contributed by atoms with Crippen molar-refractivity contribution in [3.63, 3.8) is 0 Å². The monoisotopic (exact) mass is 330 g/mol. The summed E-state index contributed by atoms with van der Waals surface area (Å²) in [5.74, 6) is -2.83. The van der Waals surface area contributed by atoms with Crippen molar-refractivity contribution in [2.75, 3.05) is 0 Å². The Morgan fingerprint density at radius 2 is 1.61 bits per heavy atom. The average Bonchev–Trinajstić information content (AvgIpc) is 2.42. The van der Waals surface area contributed by atoms with Gasteiger partial charge in [-0.05, 0) is 25.7 Å². The van der Waals surface area contributed by atoms with E-state index in [9.17, 15) is 19.2 Å². The number of nitrogens with one attached hydrogen (secondary N) is 2. The van der Waals surface area contributed by atoms with E-state index >= 15 is 0 Å². The number of carboxylic acids is 1. The molecule has 0 rings (SSSR count). The largest absolute Gasteiger partial charge is 0.480 e. The van der Waals surface area contributed by atoms with Crippen molar-refractivity contribution in [3.8, 4) is 0 Å². The van der Waals surface area contributed by atoms with Crippen LogP contribution in [0, 0.1) is 5.92 Å². The molecule has 0 aromatic heterocycles. The van der Waals surface area contributed by atoms with Gasteiger partial charge < -0.3 is 27.2 Å². The number of amides is 3. The number of hydrogen-bond donors (Lipinski definition) is 5. The van der Waals surface area contributed by atoms with Gasteiger partial charge in [-0.15, -0.1) is 0 Å². The molecule has 9 heteroatoms. The maximum atomic E-state index is 12.1. The fraction of sp³-hybridized carbons (Fsp3) is 0.714. The lowest BCUT2D eigenvalue weighted by atomic mass is 10.0. The summed E-state index contributed by atoms with van der Waals surface area (Å²) in [6, 6.07) is -2.94. The minimum Gasteiger partial charge on any atom is -0.480 e. The van der Waals surface area contributed by atoms with Gasteiger partial charge in [0.25, 0.3) is 0 Å². The van der Waals surface area contributed by atoms with E-state index in [2.05, 4.69) is 10.6 Å². The third-order valence-electron chi connectivity index (χ3n) is 3.11. The zero-order valence-electron chi connectivity index (χ0n) is 13.7. The zero-order chi connectivity index (χ0) is 18.2. The predicted molar refractivity (Wildman–Crippen MR) is 83.0 cm³/mol. The normalized spacial score (nSPS) is 14.7. The van der Waals surface area contributed by atoms with Crippen LogP contribution in [0.25, 0.3) is 0 Å². The molecule has 3 atom stereocenters. The van der Waals surface area contributed by atoms with Gasteiger partial charge in [0, 0.05) is 6.42 Å². The number of carbonyl (C=O) groups excluding carboxylic acids is 3. The molecule has 9 nitrogen and oxygen atoms in total. The Bertz CT molecular complexity index is 452. The maximum absolute atomic E-state index is 12.1. The molecule has 0 saturated carbocycles. The second-order valence-corrected chi connectivity index (χ2v) is 5.87. The first-order valence-corrected chi connectivity index (χ1v) is 7.42. The predicted octanol–water partition coefficient (Wildman–Crippen LogP) is -1.30. The van der Waals surface area contributed by atoms with Gasteiger partial charge in [0.2, 0.25) is 17.7 Å². The van der Waals surface area contributed by atoms with E-state index < -0.39 is 41.8 Å². The summed E-state index contributed by atoms with van der Waals surface area (Å²) in [5.41, 5.74) is 10.6. The highest BCUT2D eigenvalue weighted by atomic mass is 16.4. The molecule has 0 spiro atoms. The van der Waals surface area contributed by atoms with Crippen molar-refractivity contribution in [2.45, 2.75) is 58.2 Å². The molecule has 0 aromatic rings. The smallest absolute Gasteiger partial charge is 0.325 e. The first-order valence-electron chi connectivity index (χ1n) is 7.42. The van der Waals surface area contributed by atoms with E-state index in [-0.39, 0.29) is 18.8 Å². The molecular weight excluding hydrogens is 304 g/mol. The molecule has 7 N–H and O–H groups in total. The van der Waals surface area contributed by atoms with Crippen molar-refractivity contribution in [3.05, 3.63) is 0 Å². The van der Waals surface area contributed by atoms with Crippen LogP contribution in [0.5, 0.6) is 0 Å². The number of hydrogen-bond acceptors (Lipinski definition) is 5. The fourth-order valence-corrected chi connectivity index (χ4v) is 1.79. The highest BCUT2D eigenvalue weighted by molar-refractivity contribution is 5.91. The number of aliphatic carboxylic acids is 1.